The van der Waals surface area contributed by atoms with Crippen molar-refractivity contribution in [2.75, 3.05) is 0 Å². The Morgan fingerprint density at radius 3 is 2.47 bits per heavy atom. The lowest BCUT2D eigenvalue weighted by molar-refractivity contribution is 0.111. The standard InChI is InChI=1S/C13H8FIO2/c14-10-4-3-7-12(9(10)8-16)17-13-6-2-1-5-11(13)15/h1-8H. The van der Waals surface area contributed by atoms with Gasteiger partial charge in [0.1, 0.15) is 17.3 Å². The number of hydrogen-bond donors (Lipinski definition) is 0. The molecule has 0 N–H and O–H groups in total. The Morgan fingerprint density at radius 1 is 1.06 bits per heavy atom. The zero-order valence-corrected chi connectivity index (χ0v) is 10.8. The third kappa shape index (κ3) is 2.63. The molecule has 0 radical (unpaired) electrons. The third-order valence-corrected chi connectivity index (χ3v) is 3.08. The summed E-state index contributed by atoms with van der Waals surface area (Å²) in [5.74, 6) is 0.245. The number of carbonyl (C=O) groups excluding carboxylic acids is 1. The molecule has 0 saturated heterocycles. The van der Waals surface area contributed by atoms with Gasteiger partial charge in [0.15, 0.2) is 6.29 Å². The van der Waals surface area contributed by atoms with Gasteiger partial charge < -0.3 is 4.74 Å². The normalized spacial score (nSPS) is 10.0. The second kappa shape index (κ2) is 5.27. The lowest BCUT2D eigenvalue weighted by Crippen LogP contribution is -1.95. The van der Waals surface area contributed by atoms with E-state index in [-0.39, 0.29) is 11.3 Å². The molecule has 4 heteroatoms. The lowest BCUT2D eigenvalue weighted by Gasteiger charge is -2.09. The van der Waals surface area contributed by atoms with Crippen LogP contribution >= 0.6 is 22.6 Å². The summed E-state index contributed by atoms with van der Waals surface area (Å²) < 4.78 is 19.8. The molecule has 0 atom stereocenters. The number of rotatable bonds is 3. The van der Waals surface area contributed by atoms with E-state index in [0.29, 0.717) is 12.0 Å². The van der Waals surface area contributed by atoms with Gasteiger partial charge in [-0.1, -0.05) is 18.2 Å². The first-order valence-electron chi connectivity index (χ1n) is 4.88. The predicted molar refractivity (Wildman–Crippen MR) is 71.0 cm³/mol. The van der Waals surface area contributed by atoms with Crippen LogP contribution in [-0.4, -0.2) is 6.29 Å². The third-order valence-electron chi connectivity index (χ3n) is 2.19. The quantitative estimate of drug-likeness (QED) is 0.622. The van der Waals surface area contributed by atoms with E-state index in [1.165, 1.54) is 12.1 Å². The van der Waals surface area contributed by atoms with Crippen LogP contribution in [0.2, 0.25) is 0 Å². The highest BCUT2D eigenvalue weighted by Gasteiger charge is 2.10. The summed E-state index contributed by atoms with van der Waals surface area (Å²) in [5.41, 5.74) is -0.0628. The van der Waals surface area contributed by atoms with E-state index >= 15 is 0 Å². The van der Waals surface area contributed by atoms with Crippen LogP contribution in [0.3, 0.4) is 0 Å². The Bertz CT molecular complexity index is 555. The van der Waals surface area contributed by atoms with Gasteiger partial charge in [0.2, 0.25) is 0 Å². The van der Waals surface area contributed by atoms with E-state index in [4.69, 9.17) is 4.74 Å². The van der Waals surface area contributed by atoms with Gasteiger partial charge in [-0.3, -0.25) is 4.79 Å². The number of para-hydroxylation sites is 1. The summed E-state index contributed by atoms with van der Waals surface area (Å²) in [4.78, 5) is 10.8. The van der Waals surface area contributed by atoms with Crippen LogP contribution in [0.15, 0.2) is 42.5 Å². The van der Waals surface area contributed by atoms with Crippen molar-refractivity contribution in [3.8, 4) is 11.5 Å². The van der Waals surface area contributed by atoms with Gasteiger partial charge in [-0.25, -0.2) is 4.39 Å². The van der Waals surface area contributed by atoms with E-state index < -0.39 is 5.82 Å². The van der Waals surface area contributed by atoms with Crippen LogP contribution in [0.1, 0.15) is 10.4 Å². The number of aldehydes is 1. The van der Waals surface area contributed by atoms with Crippen molar-refractivity contribution >= 4 is 28.9 Å². The minimum atomic E-state index is -0.580. The van der Waals surface area contributed by atoms with Crippen LogP contribution in [0.5, 0.6) is 11.5 Å². The first-order chi connectivity index (χ1) is 8.22. The molecule has 0 saturated carbocycles. The van der Waals surface area contributed by atoms with E-state index in [1.54, 1.807) is 12.1 Å². The molecular formula is C13H8FIO2. The summed E-state index contributed by atoms with van der Waals surface area (Å²) in [6.07, 6.45) is 0.459. The molecular weight excluding hydrogens is 334 g/mol. The molecule has 0 aromatic heterocycles. The van der Waals surface area contributed by atoms with Crippen molar-refractivity contribution in [2.45, 2.75) is 0 Å². The number of ether oxygens (including phenoxy) is 1. The maximum atomic E-state index is 13.3. The second-order valence-corrected chi connectivity index (χ2v) is 4.46. The maximum absolute atomic E-state index is 13.3. The maximum Gasteiger partial charge on any atom is 0.156 e. The molecule has 2 aromatic carbocycles. The molecule has 0 amide bonds. The van der Waals surface area contributed by atoms with Crippen LogP contribution in [0.4, 0.5) is 4.39 Å². The van der Waals surface area contributed by atoms with Crippen molar-refractivity contribution in [3.05, 3.63) is 57.4 Å². The van der Waals surface area contributed by atoms with E-state index in [0.717, 1.165) is 3.57 Å². The van der Waals surface area contributed by atoms with Crippen LogP contribution in [-0.2, 0) is 0 Å². The van der Waals surface area contributed by atoms with Gasteiger partial charge in [-0.2, -0.15) is 0 Å². The van der Waals surface area contributed by atoms with Gasteiger partial charge in [0.25, 0.3) is 0 Å². The first kappa shape index (κ1) is 12.0. The molecule has 0 unspecified atom stereocenters. The monoisotopic (exact) mass is 342 g/mol. The molecule has 2 rings (SSSR count). The van der Waals surface area contributed by atoms with Gasteiger partial charge in [0, 0.05) is 0 Å². The molecule has 0 spiro atoms. The highest BCUT2D eigenvalue weighted by atomic mass is 127. The van der Waals surface area contributed by atoms with E-state index in [2.05, 4.69) is 22.6 Å². The van der Waals surface area contributed by atoms with E-state index in [9.17, 15) is 9.18 Å². The lowest BCUT2D eigenvalue weighted by atomic mass is 10.2. The molecule has 2 nitrogen and oxygen atoms in total. The Hall–Kier alpha value is -1.43. The summed E-state index contributed by atoms with van der Waals surface area (Å²) in [7, 11) is 0. The van der Waals surface area contributed by atoms with Crippen molar-refractivity contribution in [3.63, 3.8) is 0 Å². The summed E-state index contributed by atoms with van der Waals surface area (Å²) in [6, 6.07) is 11.6. The van der Waals surface area contributed by atoms with E-state index in [1.807, 2.05) is 18.2 Å². The molecule has 86 valence electrons. The molecule has 0 aliphatic heterocycles. The zero-order valence-electron chi connectivity index (χ0n) is 8.69. The smallest absolute Gasteiger partial charge is 0.156 e. The zero-order chi connectivity index (χ0) is 12.3. The molecule has 0 bridgehead atoms. The molecule has 17 heavy (non-hydrogen) atoms. The van der Waals surface area contributed by atoms with Crippen molar-refractivity contribution < 1.29 is 13.9 Å². The predicted octanol–water partition coefficient (Wildman–Crippen LogP) is 4.04. The summed E-state index contributed by atoms with van der Waals surface area (Å²) in [5, 5.41) is 0. The topological polar surface area (TPSA) is 26.3 Å². The van der Waals surface area contributed by atoms with Gasteiger partial charge in [-0.05, 0) is 46.9 Å². The summed E-state index contributed by atoms with van der Waals surface area (Å²) >= 11 is 2.11. The molecule has 2 aromatic rings. The number of hydrogen-bond acceptors (Lipinski definition) is 2. The highest BCUT2D eigenvalue weighted by molar-refractivity contribution is 14.1. The fourth-order valence-electron chi connectivity index (χ4n) is 1.37. The van der Waals surface area contributed by atoms with Crippen molar-refractivity contribution in [2.24, 2.45) is 0 Å². The Kier molecular flexibility index (Phi) is 3.73. The van der Waals surface area contributed by atoms with Gasteiger partial charge in [0.05, 0.1) is 9.13 Å². The highest BCUT2D eigenvalue weighted by Crippen LogP contribution is 2.29. The average Bonchev–Trinajstić information content (AvgIpc) is 2.32. The second-order valence-electron chi connectivity index (χ2n) is 3.30. The largest absolute Gasteiger partial charge is 0.455 e. The van der Waals surface area contributed by atoms with Crippen molar-refractivity contribution in [1.82, 2.24) is 0 Å². The van der Waals surface area contributed by atoms with Crippen LogP contribution in [0, 0.1) is 9.39 Å². The Labute approximate surface area is 112 Å². The van der Waals surface area contributed by atoms with Gasteiger partial charge >= 0.3 is 0 Å². The molecule has 0 aliphatic rings. The minimum absolute atomic E-state index is 0.0628. The fourth-order valence-corrected chi connectivity index (χ4v) is 1.86. The number of benzene rings is 2. The summed E-state index contributed by atoms with van der Waals surface area (Å²) in [6.45, 7) is 0. The number of carbonyl (C=O) groups is 1. The van der Waals surface area contributed by atoms with Crippen LogP contribution in [0.25, 0.3) is 0 Å². The van der Waals surface area contributed by atoms with Gasteiger partial charge in [-0.15, -0.1) is 0 Å². The SMILES string of the molecule is O=Cc1c(F)cccc1Oc1ccccc1I. The first-order valence-corrected chi connectivity index (χ1v) is 5.96. The number of halogens is 2. The van der Waals surface area contributed by atoms with Crippen molar-refractivity contribution in [1.29, 1.82) is 0 Å². The molecule has 0 heterocycles. The van der Waals surface area contributed by atoms with Crippen LogP contribution < -0.4 is 4.74 Å². The minimum Gasteiger partial charge on any atom is -0.455 e. The molecule has 0 fully saturated rings. The average molecular weight is 342 g/mol. The Morgan fingerprint density at radius 2 is 1.76 bits per heavy atom. The molecule has 0 aliphatic carbocycles. The fraction of sp³-hybridized carbons (Fsp3) is 0. The Balaban J connectivity index is 2.40.